The monoisotopic (exact) mass is 291 g/mol. The van der Waals surface area contributed by atoms with Crippen molar-refractivity contribution in [2.24, 2.45) is 4.99 Å². The zero-order valence-electron chi connectivity index (χ0n) is 12.9. The van der Waals surface area contributed by atoms with Crippen molar-refractivity contribution in [3.05, 3.63) is 76.0 Å². The number of benzene rings is 2. The van der Waals surface area contributed by atoms with Gasteiger partial charge in [-0.05, 0) is 50.1 Å². The van der Waals surface area contributed by atoms with E-state index in [-0.39, 0.29) is 0 Å². The maximum atomic E-state index is 12.0. The van der Waals surface area contributed by atoms with Crippen LogP contribution >= 0.6 is 0 Å². The molecule has 0 radical (unpaired) electrons. The Bertz CT molecular complexity index is 816. The molecule has 3 nitrogen and oxygen atoms in total. The van der Waals surface area contributed by atoms with Gasteiger partial charge < -0.3 is 4.74 Å². The lowest BCUT2D eigenvalue weighted by Crippen LogP contribution is -2.05. The summed E-state index contributed by atoms with van der Waals surface area (Å²) in [5.41, 5.74) is 5.49. The van der Waals surface area contributed by atoms with Crippen LogP contribution in [0.5, 0.6) is 0 Å². The van der Waals surface area contributed by atoms with Crippen LogP contribution in [-0.4, -0.2) is 11.9 Å². The van der Waals surface area contributed by atoms with Crippen LogP contribution in [0.3, 0.4) is 0 Å². The number of hydrogen-bond donors (Lipinski definition) is 0. The molecule has 1 aliphatic rings. The molecule has 22 heavy (non-hydrogen) atoms. The molecule has 0 spiro atoms. The predicted octanol–water partition coefficient (Wildman–Crippen LogP) is 3.96. The van der Waals surface area contributed by atoms with E-state index in [0.29, 0.717) is 11.6 Å². The van der Waals surface area contributed by atoms with Gasteiger partial charge in [0.1, 0.15) is 0 Å². The van der Waals surface area contributed by atoms with E-state index in [1.165, 1.54) is 0 Å². The average molecular weight is 291 g/mol. The van der Waals surface area contributed by atoms with Crippen molar-refractivity contribution < 1.29 is 9.53 Å². The summed E-state index contributed by atoms with van der Waals surface area (Å²) in [5, 5.41) is 0. The number of hydrogen-bond acceptors (Lipinski definition) is 3. The molecule has 0 amide bonds. The molecule has 1 aliphatic heterocycles. The Kier molecular flexibility index (Phi) is 3.63. The minimum absolute atomic E-state index is 0.338. The zero-order valence-corrected chi connectivity index (χ0v) is 12.9. The summed E-state index contributed by atoms with van der Waals surface area (Å²) in [6.45, 7) is 6.03. The molecular formula is C19H17NO2. The van der Waals surface area contributed by atoms with Crippen molar-refractivity contribution >= 4 is 17.9 Å². The first-order valence-electron chi connectivity index (χ1n) is 7.20. The fourth-order valence-electron chi connectivity index (χ4n) is 2.37. The van der Waals surface area contributed by atoms with Gasteiger partial charge in [-0.15, -0.1) is 0 Å². The third kappa shape index (κ3) is 2.84. The molecule has 0 unspecified atom stereocenters. The van der Waals surface area contributed by atoms with Gasteiger partial charge in [0.05, 0.1) is 0 Å². The molecule has 3 rings (SSSR count). The number of aryl methyl sites for hydroxylation is 3. The molecule has 0 saturated carbocycles. The van der Waals surface area contributed by atoms with Crippen molar-refractivity contribution in [1.82, 2.24) is 0 Å². The van der Waals surface area contributed by atoms with E-state index in [9.17, 15) is 4.79 Å². The van der Waals surface area contributed by atoms with Crippen molar-refractivity contribution in [2.75, 3.05) is 0 Å². The Labute approximate surface area is 130 Å². The molecule has 0 saturated heterocycles. The summed E-state index contributed by atoms with van der Waals surface area (Å²) < 4.78 is 5.30. The predicted molar refractivity (Wildman–Crippen MR) is 87.7 cm³/mol. The van der Waals surface area contributed by atoms with Gasteiger partial charge >= 0.3 is 5.97 Å². The smallest absolute Gasteiger partial charge is 0.363 e. The third-order valence-corrected chi connectivity index (χ3v) is 3.61. The van der Waals surface area contributed by atoms with Crippen LogP contribution in [0.15, 0.2) is 53.2 Å². The Hall–Kier alpha value is -2.68. The summed E-state index contributed by atoms with van der Waals surface area (Å²) in [4.78, 5) is 16.4. The number of cyclic esters (lactones) is 1. The Morgan fingerprint density at radius 1 is 1.00 bits per heavy atom. The topological polar surface area (TPSA) is 38.7 Å². The van der Waals surface area contributed by atoms with Crippen LogP contribution in [0, 0.1) is 20.8 Å². The molecule has 3 heteroatoms. The van der Waals surface area contributed by atoms with E-state index >= 15 is 0 Å². The maximum absolute atomic E-state index is 12.0. The number of ether oxygens (including phenoxy) is 1. The molecule has 110 valence electrons. The van der Waals surface area contributed by atoms with Gasteiger partial charge in [0, 0.05) is 5.56 Å². The van der Waals surface area contributed by atoms with Gasteiger partial charge in [-0.3, -0.25) is 0 Å². The Morgan fingerprint density at radius 3 is 2.55 bits per heavy atom. The average Bonchev–Trinajstić information content (AvgIpc) is 2.84. The summed E-state index contributed by atoms with van der Waals surface area (Å²) in [6.07, 6.45) is 1.79. The highest BCUT2D eigenvalue weighted by molar-refractivity contribution is 6.12. The lowest BCUT2D eigenvalue weighted by Gasteiger charge is -2.01. The van der Waals surface area contributed by atoms with E-state index in [2.05, 4.69) is 4.99 Å². The number of nitrogens with zero attached hydrogens (tertiary/aromatic N) is 1. The maximum Gasteiger partial charge on any atom is 0.363 e. The van der Waals surface area contributed by atoms with E-state index in [1.807, 2.05) is 63.2 Å². The standard InChI is InChI=1S/C19H17NO2/c1-12-5-4-6-15(9-12)18-20-17(19(21)22-18)11-16-10-13(2)7-8-14(16)3/h4-11H,1-3H3. The molecule has 2 aromatic rings. The normalized spacial score (nSPS) is 15.9. The van der Waals surface area contributed by atoms with E-state index in [4.69, 9.17) is 4.74 Å². The highest BCUT2D eigenvalue weighted by Crippen LogP contribution is 2.21. The van der Waals surface area contributed by atoms with Crippen LogP contribution in [0.4, 0.5) is 0 Å². The summed E-state index contributed by atoms with van der Waals surface area (Å²) in [7, 11) is 0. The van der Waals surface area contributed by atoms with Crippen LogP contribution in [0.2, 0.25) is 0 Å². The number of carbonyl (C=O) groups excluding carboxylic acids is 1. The van der Waals surface area contributed by atoms with Gasteiger partial charge in [-0.2, -0.15) is 0 Å². The fraction of sp³-hybridized carbons (Fsp3) is 0.158. The first-order valence-corrected chi connectivity index (χ1v) is 7.20. The highest BCUT2D eigenvalue weighted by atomic mass is 16.6. The summed E-state index contributed by atoms with van der Waals surface area (Å²) in [6, 6.07) is 13.9. The van der Waals surface area contributed by atoms with Gasteiger partial charge in [0.25, 0.3) is 0 Å². The van der Waals surface area contributed by atoms with Gasteiger partial charge in [-0.1, -0.05) is 41.5 Å². The molecule has 1 heterocycles. The molecule has 0 aromatic heterocycles. The lowest BCUT2D eigenvalue weighted by atomic mass is 10.0. The second-order valence-corrected chi connectivity index (χ2v) is 5.57. The van der Waals surface area contributed by atoms with Crippen molar-refractivity contribution in [3.8, 4) is 0 Å². The summed E-state index contributed by atoms with van der Waals surface area (Å²) in [5.74, 6) is -0.0392. The number of aliphatic imine (C=N–C) groups is 1. The van der Waals surface area contributed by atoms with E-state index in [1.54, 1.807) is 6.08 Å². The largest absolute Gasteiger partial charge is 0.402 e. The van der Waals surface area contributed by atoms with Crippen LogP contribution in [0.1, 0.15) is 27.8 Å². The Morgan fingerprint density at radius 2 is 1.77 bits per heavy atom. The van der Waals surface area contributed by atoms with Crippen LogP contribution in [-0.2, 0) is 9.53 Å². The molecule has 2 aromatic carbocycles. The van der Waals surface area contributed by atoms with Gasteiger partial charge in [0.2, 0.25) is 5.90 Å². The van der Waals surface area contributed by atoms with Crippen molar-refractivity contribution in [2.45, 2.75) is 20.8 Å². The molecule has 0 fully saturated rings. The SMILES string of the molecule is Cc1cccc(C2=NC(=Cc3cc(C)ccc3C)C(=O)O2)c1. The highest BCUT2D eigenvalue weighted by Gasteiger charge is 2.24. The number of carbonyl (C=O) groups is 1. The van der Waals surface area contributed by atoms with E-state index in [0.717, 1.165) is 27.8 Å². The minimum Gasteiger partial charge on any atom is -0.402 e. The number of esters is 1. The summed E-state index contributed by atoms with van der Waals surface area (Å²) >= 11 is 0. The minimum atomic E-state index is -0.405. The Balaban J connectivity index is 1.99. The molecule has 0 bridgehead atoms. The zero-order chi connectivity index (χ0) is 15.7. The van der Waals surface area contributed by atoms with Gasteiger partial charge in [-0.25, -0.2) is 9.79 Å². The quantitative estimate of drug-likeness (QED) is 0.620. The fourth-order valence-corrected chi connectivity index (χ4v) is 2.37. The van der Waals surface area contributed by atoms with Gasteiger partial charge in [0.15, 0.2) is 5.70 Å². The van der Waals surface area contributed by atoms with Crippen LogP contribution in [0.25, 0.3) is 6.08 Å². The lowest BCUT2D eigenvalue weighted by molar-refractivity contribution is -0.129. The van der Waals surface area contributed by atoms with E-state index < -0.39 is 5.97 Å². The molecular weight excluding hydrogens is 274 g/mol. The second kappa shape index (κ2) is 5.60. The van der Waals surface area contributed by atoms with Crippen molar-refractivity contribution in [3.63, 3.8) is 0 Å². The van der Waals surface area contributed by atoms with Crippen molar-refractivity contribution in [1.29, 1.82) is 0 Å². The first-order chi connectivity index (χ1) is 10.5. The first kappa shape index (κ1) is 14.3. The molecule has 0 aliphatic carbocycles. The number of rotatable bonds is 2. The third-order valence-electron chi connectivity index (χ3n) is 3.61. The van der Waals surface area contributed by atoms with Crippen LogP contribution < -0.4 is 0 Å². The second-order valence-electron chi connectivity index (χ2n) is 5.57. The molecule has 0 atom stereocenters. The molecule has 0 N–H and O–H groups in total.